The maximum Gasteiger partial charge on any atom is 0.411 e. The maximum atomic E-state index is 13.0. The molecule has 3 N–H and O–H groups in total. The highest BCUT2D eigenvalue weighted by molar-refractivity contribution is 7.90. The monoisotopic (exact) mass is 533 g/mol. The van der Waals surface area contributed by atoms with E-state index in [4.69, 9.17) is 0 Å². The summed E-state index contributed by atoms with van der Waals surface area (Å²) in [4.78, 5) is 29.2. The molecule has 0 aliphatic heterocycles. The quantitative estimate of drug-likeness (QED) is 0.309. The van der Waals surface area contributed by atoms with Crippen LogP contribution in [0.1, 0.15) is 23.0 Å². The normalized spacial score (nSPS) is 11.8. The summed E-state index contributed by atoms with van der Waals surface area (Å²) >= 11 is 0. The van der Waals surface area contributed by atoms with Crippen LogP contribution in [0.5, 0.6) is 0 Å². The van der Waals surface area contributed by atoms with Crippen molar-refractivity contribution in [3.05, 3.63) is 108 Å². The van der Waals surface area contributed by atoms with Crippen LogP contribution < -0.4 is 15.4 Å². The summed E-state index contributed by atoms with van der Waals surface area (Å²) < 4.78 is 34.3. The standard InChI is InChI=1S/C27H27N5O5S/c1-19-9-6-7-14-24(19)38(35,36)31-26(33)30-23(17-20-10-4-3-5-11-20)25-28-15-16-32(25)22-13-8-12-21(18-22)29-27(34)37-2/h3-16,18,23H,17H2,1-2H3,(H,29,34)(H2,30,31,33)/t23-/m0/s1. The summed E-state index contributed by atoms with van der Waals surface area (Å²) in [6.07, 6.45) is 3.03. The number of urea groups is 1. The molecule has 0 unspecified atom stereocenters. The van der Waals surface area contributed by atoms with E-state index in [2.05, 4.69) is 25.1 Å². The Hall–Kier alpha value is -4.64. The predicted molar refractivity (Wildman–Crippen MR) is 143 cm³/mol. The zero-order valence-electron chi connectivity index (χ0n) is 20.8. The summed E-state index contributed by atoms with van der Waals surface area (Å²) in [6.45, 7) is 1.66. The summed E-state index contributed by atoms with van der Waals surface area (Å²) in [7, 11) is -2.83. The first kappa shape index (κ1) is 26.4. The number of benzene rings is 3. The van der Waals surface area contributed by atoms with Crippen molar-refractivity contribution in [1.82, 2.24) is 19.6 Å². The number of imidazole rings is 1. The zero-order valence-corrected chi connectivity index (χ0v) is 21.6. The van der Waals surface area contributed by atoms with E-state index in [0.29, 0.717) is 29.2 Å². The second-order valence-electron chi connectivity index (χ2n) is 8.41. The lowest BCUT2D eigenvalue weighted by Crippen LogP contribution is -2.42. The van der Waals surface area contributed by atoms with Gasteiger partial charge in [-0.2, -0.15) is 0 Å². The molecular formula is C27H27N5O5S. The van der Waals surface area contributed by atoms with Gasteiger partial charge in [0.1, 0.15) is 5.82 Å². The molecule has 1 aromatic heterocycles. The van der Waals surface area contributed by atoms with Crippen LogP contribution in [-0.2, 0) is 21.2 Å². The van der Waals surface area contributed by atoms with E-state index in [1.165, 1.54) is 13.2 Å². The number of hydrogen-bond acceptors (Lipinski definition) is 6. The Kier molecular flexibility index (Phi) is 8.07. The van der Waals surface area contributed by atoms with Crippen molar-refractivity contribution in [2.75, 3.05) is 12.4 Å². The van der Waals surface area contributed by atoms with Crippen LogP contribution in [0.4, 0.5) is 15.3 Å². The molecule has 4 aromatic rings. The molecule has 3 amide bonds. The average Bonchev–Trinajstić information content (AvgIpc) is 3.39. The fourth-order valence-corrected chi connectivity index (χ4v) is 5.14. The van der Waals surface area contributed by atoms with Crippen molar-refractivity contribution in [1.29, 1.82) is 0 Å². The van der Waals surface area contributed by atoms with E-state index in [-0.39, 0.29) is 4.90 Å². The Bertz CT molecular complexity index is 1540. The number of aromatic nitrogens is 2. The topological polar surface area (TPSA) is 131 Å². The van der Waals surface area contributed by atoms with Gasteiger partial charge in [0.15, 0.2) is 0 Å². The maximum absolute atomic E-state index is 13.0. The number of carbonyl (C=O) groups excluding carboxylic acids is 2. The Morgan fingerprint density at radius 2 is 1.74 bits per heavy atom. The fourth-order valence-electron chi connectivity index (χ4n) is 3.97. The first-order valence-corrected chi connectivity index (χ1v) is 13.2. The van der Waals surface area contributed by atoms with Gasteiger partial charge in [0.05, 0.1) is 18.0 Å². The molecule has 196 valence electrons. The molecule has 10 nitrogen and oxygen atoms in total. The van der Waals surface area contributed by atoms with Crippen molar-refractivity contribution in [3.63, 3.8) is 0 Å². The summed E-state index contributed by atoms with van der Waals surface area (Å²) in [5.74, 6) is 0.465. The average molecular weight is 534 g/mol. The van der Waals surface area contributed by atoms with Gasteiger partial charge in [-0.3, -0.25) is 5.32 Å². The van der Waals surface area contributed by atoms with Crippen LogP contribution in [0.2, 0.25) is 0 Å². The van der Waals surface area contributed by atoms with Gasteiger partial charge < -0.3 is 14.6 Å². The molecule has 4 rings (SSSR count). The highest BCUT2D eigenvalue weighted by Crippen LogP contribution is 2.23. The van der Waals surface area contributed by atoms with E-state index in [0.717, 1.165) is 5.56 Å². The number of methoxy groups -OCH3 is 1. The first-order chi connectivity index (χ1) is 18.3. The number of rotatable bonds is 8. The minimum absolute atomic E-state index is 0.0196. The molecular weight excluding hydrogens is 506 g/mol. The number of ether oxygens (including phenoxy) is 1. The van der Waals surface area contributed by atoms with Gasteiger partial charge >= 0.3 is 12.1 Å². The highest BCUT2D eigenvalue weighted by Gasteiger charge is 2.25. The van der Waals surface area contributed by atoms with Crippen molar-refractivity contribution < 1.29 is 22.7 Å². The molecule has 11 heteroatoms. The molecule has 0 saturated carbocycles. The SMILES string of the molecule is COC(=O)Nc1cccc(-n2ccnc2[C@H](Cc2ccccc2)NC(=O)NS(=O)(=O)c2ccccc2C)c1. The largest absolute Gasteiger partial charge is 0.453 e. The van der Waals surface area contributed by atoms with Crippen LogP contribution >= 0.6 is 0 Å². The predicted octanol–water partition coefficient (Wildman–Crippen LogP) is 4.33. The molecule has 1 heterocycles. The lowest BCUT2D eigenvalue weighted by Gasteiger charge is -2.21. The summed E-state index contributed by atoms with van der Waals surface area (Å²) in [6, 6.07) is 21.3. The third-order valence-electron chi connectivity index (χ3n) is 5.74. The van der Waals surface area contributed by atoms with Crippen molar-refractivity contribution >= 4 is 27.8 Å². The number of carbonyl (C=O) groups is 2. The van der Waals surface area contributed by atoms with Gasteiger partial charge in [0, 0.05) is 23.8 Å². The van der Waals surface area contributed by atoms with Gasteiger partial charge in [-0.25, -0.2) is 27.7 Å². The van der Waals surface area contributed by atoms with E-state index in [1.807, 2.05) is 36.4 Å². The van der Waals surface area contributed by atoms with E-state index in [1.54, 1.807) is 60.3 Å². The molecule has 0 radical (unpaired) electrons. The molecule has 0 fully saturated rings. The summed E-state index contributed by atoms with van der Waals surface area (Å²) in [5, 5.41) is 5.40. The first-order valence-electron chi connectivity index (χ1n) is 11.7. The number of amides is 3. The number of anilines is 1. The Morgan fingerprint density at radius 1 is 1.00 bits per heavy atom. The van der Waals surface area contributed by atoms with Gasteiger partial charge in [-0.05, 0) is 48.7 Å². The molecule has 3 aromatic carbocycles. The second-order valence-corrected chi connectivity index (χ2v) is 10.1. The zero-order chi connectivity index (χ0) is 27.1. The van der Waals surface area contributed by atoms with Crippen molar-refractivity contribution in [3.8, 4) is 5.69 Å². The van der Waals surface area contributed by atoms with Gasteiger partial charge in [-0.15, -0.1) is 0 Å². The van der Waals surface area contributed by atoms with E-state index in [9.17, 15) is 18.0 Å². The fraction of sp³-hybridized carbons (Fsp3) is 0.148. The third-order valence-corrected chi connectivity index (χ3v) is 7.23. The number of hydrogen-bond donors (Lipinski definition) is 3. The summed E-state index contributed by atoms with van der Waals surface area (Å²) in [5.41, 5.74) is 2.60. The van der Waals surface area contributed by atoms with Crippen LogP contribution in [-0.4, -0.2) is 37.2 Å². The van der Waals surface area contributed by atoms with Crippen LogP contribution in [0.3, 0.4) is 0 Å². The van der Waals surface area contributed by atoms with Crippen molar-refractivity contribution in [2.24, 2.45) is 0 Å². The van der Waals surface area contributed by atoms with E-state index < -0.39 is 28.2 Å². The smallest absolute Gasteiger partial charge is 0.411 e. The Labute approximate surface area is 220 Å². The number of nitrogens with one attached hydrogen (secondary N) is 3. The van der Waals surface area contributed by atoms with E-state index >= 15 is 0 Å². The van der Waals surface area contributed by atoms with Crippen molar-refractivity contribution in [2.45, 2.75) is 24.3 Å². The molecule has 0 saturated heterocycles. The number of sulfonamides is 1. The van der Waals surface area contributed by atoms with Crippen LogP contribution in [0, 0.1) is 6.92 Å². The number of aryl methyl sites for hydroxylation is 1. The highest BCUT2D eigenvalue weighted by atomic mass is 32.2. The molecule has 0 bridgehead atoms. The lowest BCUT2D eigenvalue weighted by atomic mass is 10.1. The lowest BCUT2D eigenvalue weighted by molar-refractivity contribution is 0.187. The molecule has 1 atom stereocenters. The molecule has 0 spiro atoms. The molecule has 38 heavy (non-hydrogen) atoms. The number of nitrogens with zero attached hydrogens (tertiary/aromatic N) is 2. The minimum Gasteiger partial charge on any atom is -0.453 e. The molecule has 0 aliphatic carbocycles. The Balaban J connectivity index is 1.64. The minimum atomic E-state index is -4.10. The van der Waals surface area contributed by atoms with Crippen LogP contribution in [0.25, 0.3) is 5.69 Å². The van der Waals surface area contributed by atoms with Crippen LogP contribution in [0.15, 0.2) is 96.2 Å². The van der Waals surface area contributed by atoms with Gasteiger partial charge in [0.25, 0.3) is 10.0 Å². The third kappa shape index (κ3) is 6.37. The molecule has 0 aliphatic rings. The second kappa shape index (κ2) is 11.6. The van der Waals surface area contributed by atoms with Gasteiger partial charge in [-0.1, -0.05) is 54.6 Å². The Morgan fingerprint density at radius 3 is 2.47 bits per heavy atom. The van der Waals surface area contributed by atoms with Gasteiger partial charge in [0.2, 0.25) is 0 Å².